The largest absolute Gasteiger partial charge is 0.327 e. The molecule has 1 heterocycles. The lowest BCUT2D eigenvalue weighted by molar-refractivity contribution is -0.127. The number of rotatable bonds is 3. The Bertz CT molecular complexity index is 614. The van der Waals surface area contributed by atoms with Crippen LogP contribution in [0, 0.1) is 0 Å². The van der Waals surface area contributed by atoms with Gasteiger partial charge in [0, 0.05) is 19.5 Å². The number of fused-ring (bicyclic) bond motifs is 1. The first kappa shape index (κ1) is 15.7. The minimum atomic E-state index is -3.42. The number of hydrogen-bond acceptors (Lipinski definition) is 4. The Hall–Kier alpha value is -1.15. The van der Waals surface area contributed by atoms with Crippen LogP contribution < -0.4 is 4.72 Å². The van der Waals surface area contributed by atoms with Gasteiger partial charge in [-0.15, -0.1) is 0 Å². The molecule has 3 unspecified atom stereocenters. The van der Waals surface area contributed by atoms with Crippen molar-refractivity contribution in [1.82, 2.24) is 14.5 Å². The number of nitrogens with zero attached hydrogens (tertiary/aromatic N) is 2. The summed E-state index contributed by atoms with van der Waals surface area (Å²) in [6.45, 7) is 3.26. The Morgan fingerprint density at radius 1 is 1.27 bits per heavy atom. The van der Waals surface area contributed by atoms with Crippen molar-refractivity contribution in [3.05, 3.63) is 0 Å². The Labute approximate surface area is 131 Å². The summed E-state index contributed by atoms with van der Waals surface area (Å²) in [5.41, 5.74) is -0.293. The van der Waals surface area contributed by atoms with E-state index in [1.54, 1.807) is 11.9 Å². The molecule has 0 aromatic heterocycles. The van der Waals surface area contributed by atoms with Crippen LogP contribution in [0.15, 0.2) is 0 Å². The number of urea groups is 1. The number of sulfonamides is 1. The van der Waals surface area contributed by atoms with Gasteiger partial charge in [0.05, 0.1) is 17.3 Å². The van der Waals surface area contributed by atoms with E-state index in [2.05, 4.69) is 4.72 Å². The Morgan fingerprint density at radius 3 is 2.45 bits per heavy atom. The van der Waals surface area contributed by atoms with Crippen LogP contribution in [-0.4, -0.2) is 60.1 Å². The van der Waals surface area contributed by atoms with E-state index in [1.807, 2.05) is 6.92 Å². The van der Waals surface area contributed by atoms with Crippen LogP contribution in [-0.2, 0) is 14.8 Å². The molecule has 124 valence electrons. The van der Waals surface area contributed by atoms with Crippen LogP contribution in [0.1, 0.15) is 46.0 Å². The van der Waals surface area contributed by atoms with Crippen LogP contribution in [0.5, 0.6) is 0 Å². The zero-order valence-corrected chi connectivity index (χ0v) is 14.0. The van der Waals surface area contributed by atoms with Crippen LogP contribution in [0.25, 0.3) is 0 Å². The van der Waals surface area contributed by atoms with E-state index >= 15 is 0 Å². The number of nitrogens with one attached hydrogen (secondary N) is 1. The molecule has 0 spiro atoms. The van der Waals surface area contributed by atoms with Crippen molar-refractivity contribution in [3.8, 4) is 0 Å². The van der Waals surface area contributed by atoms with Crippen molar-refractivity contribution in [2.45, 2.75) is 68.8 Å². The van der Waals surface area contributed by atoms with E-state index < -0.39 is 15.3 Å². The van der Waals surface area contributed by atoms with Crippen molar-refractivity contribution in [3.63, 3.8) is 0 Å². The van der Waals surface area contributed by atoms with E-state index in [0.29, 0.717) is 19.3 Å². The van der Waals surface area contributed by atoms with Gasteiger partial charge in [-0.2, -0.15) is 0 Å². The summed E-state index contributed by atoms with van der Waals surface area (Å²) in [7, 11) is -1.74. The summed E-state index contributed by atoms with van der Waals surface area (Å²) in [6, 6.07) is -0.723. The van der Waals surface area contributed by atoms with Crippen LogP contribution in [0.2, 0.25) is 0 Å². The molecule has 22 heavy (non-hydrogen) atoms. The zero-order chi connectivity index (χ0) is 16.3. The summed E-state index contributed by atoms with van der Waals surface area (Å²) < 4.78 is 27.9. The first-order valence-electron chi connectivity index (χ1n) is 7.74. The van der Waals surface area contributed by atoms with Gasteiger partial charge >= 0.3 is 6.03 Å². The predicted octanol–water partition coefficient (Wildman–Crippen LogP) is 0.662. The molecule has 2 aliphatic carbocycles. The highest BCUT2D eigenvalue weighted by Gasteiger charge is 2.52. The third-order valence-electron chi connectivity index (χ3n) is 5.24. The molecular formula is C14H23N3O4S. The van der Waals surface area contributed by atoms with Crippen LogP contribution in [0.4, 0.5) is 4.79 Å². The second kappa shape index (κ2) is 4.92. The van der Waals surface area contributed by atoms with Gasteiger partial charge in [-0.25, -0.2) is 17.9 Å². The minimum Gasteiger partial charge on any atom is -0.322 e. The summed E-state index contributed by atoms with van der Waals surface area (Å²) >= 11 is 0. The fourth-order valence-corrected chi connectivity index (χ4v) is 5.60. The lowest BCUT2D eigenvalue weighted by Crippen LogP contribution is -2.50. The second-order valence-electron chi connectivity index (χ2n) is 7.06. The van der Waals surface area contributed by atoms with Gasteiger partial charge in [0.1, 0.15) is 0 Å². The van der Waals surface area contributed by atoms with Crippen molar-refractivity contribution in [2.24, 2.45) is 0 Å². The average molecular weight is 329 g/mol. The zero-order valence-electron chi connectivity index (χ0n) is 13.2. The molecule has 3 atom stereocenters. The van der Waals surface area contributed by atoms with Gasteiger partial charge in [-0.3, -0.25) is 9.69 Å². The molecule has 3 amide bonds. The van der Waals surface area contributed by atoms with E-state index in [-0.39, 0.29) is 29.6 Å². The molecule has 0 aromatic rings. The lowest BCUT2D eigenvalue weighted by atomic mass is 9.90. The highest BCUT2D eigenvalue weighted by molar-refractivity contribution is 7.90. The fraction of sp³-hybridized carbons (Fsp3) is 0.857. The molecule has 3 aliphatic rings. The molecule has 0 bridgehead atoms. The molecule has 1 saturated heterocycles. The second-order valence-corrected chi connectivity index (χ2v) is 9.02. The summed E-state index contributed by atoms with van der Waals surface area (Å²) in [6.07, 6.45) is 3.19. The van der Waals surface area contributed by atoms with Crippen molar-refractivity contribution < 1.29 is 18.0 Å². The minimum absolute atomic E-state index is 0.0700. The normalized spacial score (nSPS) is 33.8. The molecule has 0 radical (unpaired) electrons. The van der Waals surface area contributed by atoms with E-state index in [1.165, 1.54) is 11.8 Å². The highest BCUT2D eigenvalue weighted by atomic mass is 32.2. The smallest absolute Gasteiger partial charge is 0.322 e. The van der Waals surface area contributed by atoms with E-state index in [0.717, 1.165) is 12.8 Å². The molecular weight excluding hydrogens is 306 g/mol. The molecule has 8 heteroatoms. The average Bonchev–Trinajstić information content (AvgIpc) is 3.07. The molecule has 3 fully saturated rings. The van der Waals surface area contributed by atoms with Gasteiger partial charge in [-0.05, 0) is 39.0 Å². The van der Waals surface area contributed by atoms with Crippen LogP contribution in [0.3, 0.4) is 0 Å². The van der Waals surface area contributed by atoms with Crippen molar-refractivity contribution >= 4 is 22.0 Å². The number of likely N-dealkylation sites (N-methyl/N-ethyl adjacent to an activating group) is 1. The molecule has 1 aliphatic heterocycles. The molecule has 1 N–H and O–H groups in total. The monoisotopic (exact) mass is 329 g/mol. The van der Waals surface area contributed by atoms with E-state index in [9.17, 15) is 18.0 Å². The van der Waals surface area contributed by atoms with Gasteiger partial charge in [-0.1, -0.05) is 0 Å². The van der Waals surface area contributed by atoms with Crippen LogP contribution >= 0.6 is 0 Å². The fourth-order valence-electron chi connectivity index (χ4n) is 3.64. The van der Waals surface area contributed by atoms with E-state index in [4.69, 9.17) is 0 Å². The van der Waals surface area contributed by atoms with Gasteiger partial charge in [0.25, 0.3) is 0 Å². The first-order chi connectivity index (χ1) is 10.1. The topological polar surface area (TPSA) is 86.8 Å². The van der Waals surface area contributed by atoms with Gasteiger partial charge in [0.2, 0.25) is 15.9 Å². The maximum atomic E-state index is 12.6. The Morgan fingerprint density at radius 2 is 1.91 bits per heavy atom. The number of carbonyl (C=O) groups excluding carboxylic acids is 2. The third-order valence-corrected chi connectivity index (χ3v) is 7.32. The van der Waals surface area contributed by atoms with Crippen molar-refractivity contribution in [2.75, 3.05) is 7.05 Å². The number of imide groups is 1. The third kappa shape index (κ3) is 2.52. The summed E-state index contributed by atoms with van der Waals surface area (Å²) in [5, 5.41) is -0.535. The predicted molar refractivity (Wildman–Crippen MR) is 80.6 cm³/mol. The standard InChI is InChI=1S/C14H23N3O4S/c1-9(18)17-12-8-10(4-5-11(12)16(3)13(17)19)22(20,21)15-14(2)6-7-14/h10-12,15H,4-8H2,1-3H3. The number of carbonyl (C=O) groups is 2. The Kier molecular flexibility index (Phi) is 3.52. The van der Waals surface area contributed by atoms with Gasteiger partial charge in [0.15, 0.2) is 0 Å². The maximum absolute atomic E-state index is 12.6. The molecule has 7 nitrogen and oxygen atoms in total. The maximum Gasteiger partial charge on any atom is 0.327 e. The number of hydrogen-bond donors (Lipinski definition) is 1. The number of amides is 3. The summed E-state index contributed by atoms with van der Waals surface area (Å²) in [4.78, 5) is 26.7. The summed E-state index contributed by atoms with van der Waals surface area (Å²) in [5.74, 6) is -0.315. The first-order valence-corrected chi connectivity index (χ1v) is 9.29. The highest BCUT2D eigenvalue weighted by Crippen LogP contribution is 2.39. The quantitative estimate of drug-likeness (QED) is 0.824. The Balaban J connectivity index is 1.79. The SMILES string of the molecule is CC(=O)N1C(=O)N(C)C2CCC(S(=O)(=O)NC3(C)CC3)CC21. The van der Waals surface area contributed by atoms with Crippen molar-refractivity contribution in [1.29, 1.82) is 0 Å². The molecule has 0 aromatic carbocycles. The lowest BCUT2D eigenvalue weighted by Gasteiger charge is -2.35. The molecule has 3 rings (SSSR count). The molecule has 2 saturated carbocycles. The van der Waals surface area contributed by atoms with Gasteiger partial charge < -0.3 is 4.90 Å².